The Hall–Kier alpha value is -2.04. The summed E-state index contributed by atoms with van der Waals surface area (Å²) in [5.41, 5.74) is 7.40. The van der Waals surface area contributed by atoms with Crippen LogP contribution in [-0.4, -0.2) is 21.0 Å². The number of aromatic amines is 1. The average Bonchev–Trinajstić information content (AvgIpc) is 2.69. The van der Waals surface area contributed by atoms with Crippen LogP contribution in [-0.2, 0) is 6.42 Å². The van der Waals surface area contributed by atoms with E-state index in [-0.39, 0.29) is 5.84 Å². The fourth-order valence-electron chi connectivity index (χ4n) is 1.53. The first-order chi connectivity index (χ1) is 7.31. The summed E-state index contributed by atoms with van der Waals surface area (Å²) in [6.45, 7) is 0. The smallest absolute Gasteiger partial charge is 0.139 e. The minimum atomic E-state index is 0.244. The molecule has 0 radical (unpaired) electrons. The van der Waals surface area contributed by atoms with Crippen LogP contribution in [0.5, 0.6) is 0 Å². The van der Waals surface area contributed by atoms with E-state index in [0.717, 1.165) is 23.0 Å². The lowest BCUT2D eigenvalue weighted by molar-refractivity contribution is 0.317. The Morgan fingerprint density at radius 1 is 1.60 bits per heavy atom. The van der Waals surface area contributed by atoms with Crippen LogP contribution >= 0.6 is 0 Å². The molecule has 78 valence electrons. The number of aromatic nitrogens is 2. The summed E-state index contributed by atoms with van der Waals surface area (Å²) in [7, 11) is 0. The molecular weight excluding hydrogens is 192 g/mol. The quantitative estimate of drug-likeness (QED) is 0.304. The van der Waals surface area contributed by atoms with Gasteiger partial charge in [0, 0.05) is 24.2 Å². The molecule has 0 spiro atoms. The molecule has 4 N–H and O–H groups in total. The Labute approximate surface area is 86.6 Å². The van der Waals surface area contributed by atoms with Crippen LogP contribution < -0.4 is 5.73 Å². The van der Waals surface area contributed by atoms with Crippen molar-refractivity contribution >= 4 is 16.9 Å². The van der Waals surface area contributed by atoms with Gasteiger partial charge in [0.05, 0.1) is 0 Å². The second-order valence-electron chi connectivity index (χ2n) is 3.30. The van der Waals surface area contributed by atoms with Crippen molar-refractivity contribution in [1.82, 2.24) is 9.97 Å². The van der Waals surface area contributed by atoms with Crippen molar-refractivity contribution in [3.8, 4) is 0 Å². The van der Waals surface area contributed by atoms with E-state index in [1.165, 1.54) is 0 Å². The maximum atomic E-state index is 8.42. The number of nitrogens with one attached hydrogen (secondary N) is 1. The number of rotatable bonds is 3. The molecule has 0 unspecified atom stereocenters. The highest BCUT2D eigenvalue weighted by atomic mass is 16.4. The van der Waals surface area contributed by atoms with Gasteiger partial charge in [0.2, 0.25) is 0 Å². The minimum Gasteiger partial charge on any atom is -0.409 e. The number of amidine groups is 1. The first-order valence-electron chi connectivity index (χ1n) is 4.68. The zero-order valence-corrected chi connectivity index (χ0v) is 8.14. The molecule has 0 aliphatic rings. The van der Waals surface area contributed by atoms with Gasteiger partial charge < -0.3 is 15.9 Å². The number of hydrogen-bond acceptors (Lipinski definition) is 3. The van der Waals surface area contributed by atoms with E-state index in [1.54, 1.807) is 6.20 Å². The normalized spacial score (nSPS) is 12.1. The predicted molar refractivity (Wildman–Crippen MR) is 57.8 cm³/mol. The molecule has 0 atom stereocenters. The van der Waals surface area contributed by atoms with Crippen LogP contribution in [0, 0.1) is 0 Å². The molecule has 2 rings (SSSR count). The standard InChI is InChI=1S/C10H12N4O/c11-9(14-15)4-3-7-6-13-10-8(7)2-1-5-12-10/h1-2,5-6,15H,3-4H2,(H2,11,14)(H,12,13). The molecule has 2 aromatic heterocycles. The third-order valence-electron chi connectivity index (χ3n) is 2.32. The zero-order valence-electron chi connectivity index (χ0n) is 8.14. The Balaban J connectivity index is 2.22. The lowest BCUT2D eigenvalue weighted by atomic mass is 10.1. The molecule has 0 bridgehead atoms. The van der Waals surface area contributed by atoms with Gasteiger partial charge in [0.1, 0.15) is 11.5 Å². The predicted octanol–water partition coefficient (Wildman–Crippen LogP) is 1.24. The zero-order chi connectivity index (χ0) is 10.7. The molecule has 15 heavy (non-hydrogen) atoms. The molecule has 2 aromatic rings. The lowest BCUT2D eigenvalue weighted by Crippen LogP contribution is -2.12. The Bertz CT molecular complexity index is 489. The van der Waals surface area contributed by atoms with Crippen LogP contribution in [0.25, 0.3) is 11.0 Å². The van der Waals surface area contributed by atoms with Gasteiger partial charge in [-0.1, -0.05) is 5.16 Å². The number of pyridine rings is 1. The monoisotopic (exact) mass is 204 g/mol. The molecular formula is C10H12N4O. The fraction of sp³-hybridized carbons (Fsp3) is 0.200. The maximum Gasteiger partial charge on any atom is 0.139 e. The second-order valence-corrected chi connectivity index (χ2v) is 3.30. The summed E-state index contributed by atoms with van der Waals surface area (Å²) >= 11 is 0. The van der Waals surface area contributed by atoms with Crippen LogP contribution in [0.4, 0.5) is 0 Å². The highest BCUT2D eigenvalue weighted by Gasteiger charge is 2.04. The summed E-state index contributed by atoms with van der Waals surface area (Å²) in [5, 5.41) is 12.4. The van der Waals surface area contributed by atoms with Gasteiger partial charge in [-0.25, -0.2) is 4.98 Å². The van der Waals surface area contributed by atoms with Crippen molar-refractivity contribution < 1.29 is 5.21 Å². The molecule has 0 fully saturated rings. The number of nitrogens with zero attached hydrogens (tertiary/aromatic N) is 2. The summed E-state index contributed by atoms with van der Waals surface area (Å²) in [6.07, 6.45) is 4.93. The molecule has 0 amide bonds. The summed E-state index contributed by atoms with van der Waals surface area (Å²) in [6, 6.07) is 3.89. The molecule has 0 aromatic carbocycles. The molecule has 5 nitrogen and oxygen atoms in total. The number of aryl methyl sites for hydroxylation is 1. The molecule has 2 heterocycles. The number of fused-ring (bicyclic) bond motifs is 1. The van der Waals surface area contributed by atoms with Crippen molar-refractivity contribution in [1.29, 1.82) is 0 Å². The van der Waals surface area contributed by atoms with E-state index in [1.807, 2.05) is 18.3 Å². The van der Waals surface area contributed by atoms with Crippen molar-refractivity contribution in [3.05, 3.63) is 30.1 Å². The van der Waals surface area contributed by atoms with Gasteiger partial charge in [-0.15, -0.1) is 0 Å². The van der Waals surface area contributed by atoms with Gasteiger partial charge >= 0.3 is 0 Å². The van der Waals surface area contributed by atoms with Gasteiger partial charge in [0.25, 0.3) is 0 Å². The van der Waals surface area contributed by atoms with Crippen molar-refractivity contribution in [3.63, 3.8) is 0 Å². The summed E-state index contributed by atoms with van der Waals surface area (Å²) in [4.78, 5) is 7.26. The van der Waals surface area contributed by atoms with Crippen molar-refractivity contribution in [2.45, 2.75) is 12.8 Å². The highest BCUT2D eigenvalue weighted by molar-refractivity contribution is 5.82. The first-order valence-corrected chi connectivity index (χ1v) is 4.68. The van der Waals surface area contributed by atoms with E-state index in [2.05, 4.69) is 15.1 Å². The Kier molecular flexibility index (Phi) is 2.53. The maximum absolute atomic E-state index is 8.42. The molecule has 0 aliphatic heterocycles. The van der Waals surface area contributed by atoms with Crippen molar-refractivity contribution in [2.24, 2.45) is 10.9 Å². The SMILES string of the molecule is N/C(CCc1c[nH]c2ncccc12)=N\O. The van der Waals surface area contributed by atoms with Crippen LogP contribution in [0.1, 0.15) is 12.0 Å². The molecule has 0 saturated heterocycles. The molecule has 0 saturated carbocycles. The Morgan fingerprint density at radius 2 is 2.47 bits per heavy atom. The van der Waals surface area contributed by atoms with Gasteiger partial charge in [-0.05, 0) is 24.1 Å². The first kappa shape index (κ1) is 9.51. The van der Waals surface area contributed by atoms with E-state index in [9.17, 15) is 0 Å². The van der Waals surface area contributed by atoms with Gasteiger partial charge in [-0.3, -0.25) is 0 Å². The highest BCUT2D eigenvalue weighted by Crippen LogP contribution is 2.16. The molecule has 0 aliphatic carbocycles. The minimum absolute atomic E-state index is 0.244. The number of nitrogens with two attached hydrogens (primary N) is 1. The van der Waals surface area contributed by atoms with Gasteiger partial charge in [0.15, 0.2) is 0 Å². The lowest BCUT2D eigenvalue weighted by Gasteiger charge is -1.97. The third kappa shape index (κ3) is 1.90. The number of hydrogen-bond donors (Lipinski definition) is 3. The average molecular weight is 204 g/mol. The number of oxime groups is 1. The van der Waals surface area contributed by atoms with Crippen LogP contribution in [0.2, 0.25) is 0 Å². The largest absolute Gasteiger partial charge is 0.409 e. The van der Waals surface area contributed by atoms with E-state index in [0.29, 0.717) is 6.42 Å². The van der Waals surface area contributed by atoms with E-state index < -0.39 is 0 Å². The topological polar surface area (TPSA) is 87.3 Å². The molecule has 5 heteroatoms. The van der Waals surface area contributed by atoms with Crippen LogP contribution in [0.15, 0.2) is 29.7 Å². The fourth-order valence-corrected chi connectivity index (χ4v) is 1.53. The van der Waals surface area contributed by atoms with Crippen LogP contribution in [0.3, 0.4) is 0 Å². The second kappa shape index (κ2) is 4.00. The summed E-state index contributed by atoms with van der Waals surface area (Å²) in [5.74, 6) is 0.244. The van der Waals surface area contributed by atoms with E-state index in [4.69, 9.17) is 10.9 Å². The van der Waals surface area contributed by atoms with E-state index >= 15 is 0 Å². The summed E-state index contributed by atoms with van der Waals surface area (Å²) < 4.78 is 0. The Morgan fingerprint density at radius 3 is 3.27 bits per heavy atom. The van der Waals surface area contributed by atoms with Gasteiger partial charge in [-0.2, -0.15) is 0 Å². The van der Waals surface area contributed by atoms with Crippen molar-refractivity contribution in [2.75, 3.05) is 0 Å². The third-order valence-corrected chi connectivity index (χ3v) is 2.32. The number of H-pyrrole nitrogens is 1.